The van der Waals surface area contributed by atoms with E-state index in [0.29, 0.717) is 6.04 Å². The summed E-state index contributed by atoms with van der Waals surface area (Å²) in [6.07, 6.45) is 8.21. The molecule has 19 heavy (non-hydrogen) atoms. The van der Waals surface area contributed by atoms with Crippen LogP contribution in [-0.2, 0) is 4.79 Å². The Hall–Kier alpha value is -0.610. The Kier molecular flexibility index (Phi) is 4.85. The van der Waals surface area contributed by atoms with Gasteiger partial charge in [0.25, 0.3) is 0 Å². The van der Waals surface area contributed by atoms with Crippen LogP contribution in [-0.4, -0.2) is 42.5 Å². The van der Waals surface area contributed by atoms with Crippen LogP contribution < -0.4 is 11.1 Å². The average Bonchev–Trinajstić information content (AvgIpc) is 2.34. The third kappa shape index (κ3) is 3.29. The summed E-state index contributed by atoms with van der Waals surface area (Å²) in [6.45, 7) is 4.04. The van der Waals surface area contributed by atoms with Crippen LogP contribution in [0.15, 0.2) is 0 Å². The van der Waals surface area contributed by atoms with Crippen LogP contribution >= 0.6 is 0 Å². The fourth-order valence-corrected chi connectivity index (χ4v) is 3.66. The predicted molar refractivity (Wildman–Crippen MR) is 77.8 cm³/mol. The first-order chi connectivity index (χ1) is 9.07. The van der Waals surface area contributed by atoms with Gasteiger partial charge in [-0.2, -0.15) is 0 Å². The van der Waals surface area contributed by atoms with Crippen LogP contribution in [0.2, 0.25) is 0 Å². The van der Waals surface area contributed by atoms with Gasteiger partial charge in [0.2, 0.25) is 5.91 Å². The molecule has 2 atom stereocenters. The van der Waals surface area contributed by atoms with E-state index in [9.17, 15) is 4.79 Å². The van der Waals surface area contributed by atoms with E-state index in [2.05, 4.69) is 17.3 Å². The van der Waals surface area contributed by atoms with Gasteiger partial charge in [0, 0.05) is 12.6 Å². The molecule has 0 spiro atoms. The van der Waals surface area contributed by atoms with Crippen molar-refractivity contribution in [3.63, 3.8) is 0 Å². The lowest BCUT2D eigenvalue weighted by molar-refractivity contribution is -0.126. The molecule has 0 aromatic heterocycles. The van der Waals surface area contributed by atoms with Crippen molar-refractivity contribution in [3.05, 3.63) is 0 Å². The maximum absolute atomic E-state index is 11.9. The molecule has 2 aliphatic carbocycles. The lowest BCUT2D eigenvalue weighted by atomic mass is 9.77. The van der Waals surface area contributed by atoms with Gasteiger partial charge in [0.05, 0.1) is 5.54 Å². The first kappa shape index (κ1) is 14.8. The highest BCUT2D eigenvalue weighted by molar-refractivity contribution is 5.84. The summed E-state index contributed by atoms with van der Waals surface area (Å²) < 4.78 is 0. The highest BCUT2D eigenvalue weighted by Gasteiger charge is 2.42. The lowest BCUT2D eigenvalue weighted by Gasteiger charge is -2.44. The maximum Gasteiger partial charge on any atom is 0.237 e. The molecule has 2 fully saturated rings. The first-order valence-corrected chi connectivity index (χ1v) is 7.82. The molecule has 110 valence electrons. The molecule has 0 heterocycles. The van der Waals surface area contributed by atoms with Gasteiger partial charge < -0.3 is 16.0 Å². The van der Waals surface area contributed by atoms with E-state index in [0.717, 1.165) is 31.7 Å². The fourth-order valence-electron chi connectivity index (χ4n) is 3.66. The Bertz CT molecular complexity index is 313. The van der Waals surface area contributed by atoms with Gasteiger partial charge in [0.1, 0.15) is 0 Å². The van der Waals surface area contributed by atoms with E-state index in [1.807, 2.05) is 6.92 Å². The number of amides is 1. The molecule has 0 radical (unpaired) electrons. The zero-order valence-electron chi connectivity index (χ0n) is 12.5. The molecular formula is C15H29N3O. The third-order valence-corrected chi connectivity index (χ3v) is 5.11. The van der Waals surface area contributed by atoms with Crippen molar-refractivity contribution in [1.29, 1.82) is 0 Å². The van der Waals surface area contributed by atoms with E-state index < -0.39 is 5.54 Å². The molecule has 1 amide bonds. The third-order valence-electron chi connectivity index (χ3n) is 5.11. The molecule has 2 unspecified atom stereocenters. The molecule has 0 bridgehead atoms. The molecule has 2 aliphatic rings. The molecule has 3 N–H and O–H groups in total. The normalized spacial score (nSPS) is 32.3. The Morgan fingerprint density at radius 1 is 1.37 bits per heavy atom. The summed E-state index contributed by atoms with van der Waals surface area (Å²) in [5, 5.41) is 3.36. The minimum absolute atomic E-state index is 0.170. The summed E-state index contributed by atoms with van der Waals surface area (Å²) in [4.78, 5) is 14.3. The Morgan fingerprint density at radius 2 is 2.11 bits per heavy atom. The summed E-state index contributed by atoms with van der Waals surface area (Å²) in [7, 11) is 2.21. The van der Waals surface area contributed by atoms with Crippen LogP contribution in [0, 0.1) is 5.92 Å². The van der Waals surface area contributed by atoms with Gasteiger partial charge in [-0.25, -0.2) is 0 Å². The highest BCUT2D eigenvalue weighted by atomic mass is 16.1. The molecule has 0 saturated heterocycles. The summed E-state index contributed by atoms with van der Waals surface area (Å²) in [5.41, 5.74) is 5.20. The van der Waals surface area contributed by atoms with Crippen molar-refractivity contribution >= 4 is 5.91 Å². The molecular weight excluding hydrogens is 238 g/mol. The lowest BCUT2D eigenvalue weighted by Crippen LogP contribution is -2.60. The second-order valence-corrected chi connectivity index (χ2v) is 6.46. The summed E-state index contributed by atoms with van der Waals surface area (Å²) >= 11 is 0. The quantitative estimate of drug-likeness (QED) is 0.766. The van der Waals surface area contributed by atoms with Crippen molar-refractivity contribution in [2.24, 2.45) is 11.7 Å². The topological polar surface area (TPSA) is 58.4 Å². The second-order valence-electron chi connectivity index (χ2n) is 6.46. The van der Waals surface area contributed by atoms with Crippen molar-refractivity contribution in [2.45, 2.75) is 63.5 Å². The second kappa shape index (κ2) is 6.23. The number of nitrogens with one attached hydrogen (secondary N) is 1. The van der Waals surface area contributed by atoms with Crippen LogP contribution in [0.3, 0.4) is 0 Å². The number of carbonyl (C=O) groups is 1. The van der Waals surface area contributed by atoms with Crippen molar-refractivity contribution in [2.75, 3.05) is 20.1 Å². The number of carbonyl (C=O) groups excluding carboxylic acids is 1. The number of hydrogen-bond donors (Lipinski definition) is 2. The van der Waals surface area contributed by atoms with Gasteiger partial charge in [-0.05, 0) is 58.0 Å². The molecule has 0 aromatic carbocycles. The molecule has 2 rings (SSSR count). The zero-order chi connectivity index (χ0) is 13.9. The number of likely N-dealkylation sites (N-methyl/N-ethyl adjacent to an activating group) is 1. The van der Waals surface area contributed by atoms with Gasteiger partial charge in [0.15, 0.2) is 0 Å². The number of nitrogens with two attached hydrogens (primary N) is 1. The summed E-state index contributed by atoms with van der Waals surface area (Å²) in [6, 6.07) is 0.501. The first-order valence-electron chi connectivity index (χ1n) is 7.82. The minimum atomic E-state index is -0.467. The van der Waals surface area contributed by atoms with E-state index in [1.165, 1.54) is 32.2 Å². The number of hydrogen-bond acceptors (Lipinski definition) is 3. The largest absolute Gasteiger partial charge is 0.368 e. The van der Waals surface area contributed by atoms with E-state index in [4.69, 9.17) is 5.73 Å². The van der Waals surface area contributed by atoms with Crippen molar-refractivity contribution in [1.82, 2.24) is 10.2 Å². The number of primary amides is 1. The molecule has 2 saturated carbocycles. The molecule has 0 aromatic rings. The Morgan fingerprint density at radius 3 is 2.63 bits per heavy atom. The van der Waals surface area contributed by atoms with Gasteiger partial charge in [-0.15, -0.1) is 0 Å². The van der Waals surface area contributed by atoms with E-state index in [-0.39, 0.29) is 5.91 Å². The van der Waals surface area contributed by atoms with E-state index in [1.54, 1.807) is 0 Å². The Labute approximate surface area is 117 Å². The average molecular weight is 267 g/mol. The monoisotopic (exact) mass is 267 g/mol. The van der Waals surface area contributed by atoms with Crippen molar-refractivity contribution < 1.29 is 4.79 Å². The highest BCUT2D eigenvalue weighted by Crippen LogP contribution is 2.33. The van der Waals surface area contributed by atoms with Gasteiger partial charge in [-0.3, -0.25) is 4.79 Å². The maximum atomic E-state index is 11.9. The molecule has 4 heteroatoms. The minimum Gasteiger partial charge on any atom is -0.368 e. The molecule has 0 aliphatic heterocycles. The van der Waals surface area contributed by atoms with Crippen LogP contribution in [0.4, 0.5) is 0 Å². The molecule has 4 nitrogen and oxygen atoms in total. The van der Waals surface area contributed by atoms with Crippen LogP contribution in [0.25, 0.3) is 0 Å². The van der Waals surface area contributed by atoms with E-state index >= 15 is 0 Å². The Balaban J connectivity index is 1.95. The predicted octanol–water partition coefficient (Wildman–Crippen LogP) is 1.49. The fraction of sp³-hybridized carbons (Fsp3) is 0.933. The summed E-state index contributed by atoms with van der Waals surface area (Å²) in [5.74, 6) is 0.713. The van der Waals surface area contributed by atoms with Crippen LogP contribution in [0.1, 0.15) is 51.9 Å². The zero-order valence-corrected chi connectivity index (χ0v) is 12.5. The van der Waals surface area contributed by atoms with Gasteiger partial charge >= 0.3 is 0 Å². The van der Waals surface area contributed by atoms with Crippen LogP contribution in [0.5, 0.6) is 0 Å². The number of rotatable bonds is 6. The number of nitrogens with zero attached hydrogens (tertiary/aromatic N) is 1. The van der Waals surface area contributed by atoms with Gasteiger partial charge in [-0.1, -0.05) is 13.3 Å². The smallest absolute Gasteiger partial charge is 0.237 e. The SMILES string of the molecule is CCNC1(C(N)=O)CCCC(N(C)CC2CCC2)C1. The van der Waals surface area contributed by atoms with Crippen molar-refractivity contribution in [3.8, 4) is 0 Å². The standard InChI is InChI=1S/C15H29N3O/c1-3-17-15(14(16)19)9-5-8-13(10-15)18(2)11-12-6-4-7-12/h12-13,17H,3-11H2,1-2H3,(H2,16,19).